The summed E-state index contributed by atoms with van der Waals surface area (Å²) in [5.41, 5.74) is 0. The summed E-state index contributed by atoms with van der Waals surface area (Å²) in [5, 5.41) is 23.6. The van der Waals surface area contributed by atoms with E-state index in [0.717, 1.165) is 77.0 Å². The highest BCUT2D eigenvalue weighted by Crippen LogP contribution is 2.17. The molecule has 0 aliphatic rings. The van der Waals surface area contributed by atoms with Gasteiger partial charge in [-0.3, -0.25) is 9.59 Å². The number of nitrogens with one attached hydrogen (secondary N) is 1. The predicted molar refractivity (Wildman–Crippen MR) is 245 cm³/mol. The van der Waals surface area contributed by atoms with Gasteiger partial charge in [-0.15, -0.1) is 0 Å². The van der Waals surface area contributed by atoms with Gasteiger partial charge in [0.25, 0.3) is 0 Å². The fourth-order valence-electron chi connectivity index (χ4n) is 7.02. The first-order chi connectivity index (χ1) is 28.0. The van der Waals surface area contributed by atoms with Crippen LogP contribution in [0.15, 0.2) is 60.8 Å². The first-order valence-corrected chi connectivity index (χ1v) is 24.1. The van der Waals surface area contributed by atoms with Gasteiger partial charge in [0, 0.05) is 6.42 Å². The predicted octanol–water partition coefficient (Wildman–Crippen LogP) is 14.1. The van der Waals surface area contributed by atoms with Crippen molar-refractivity contribution in [3.8, 4) is 0 Å². The summed E-state index contributed by atoms with van der Waals surface area (Å²) in [5.74, 6) is -0.525. The number of carbonyl (C=O) groups excluding carboxylic acids is 2. The lowest BCUT2D eigenvalue weighted by molar-refractivity contribution is -0.151. The number of esters is 1. The minimum atomic E-state index is -0.799. The van der Waals surface area contributed by atoms with Gasteiger partial charge in [0.2, 0.25) is 5.91 Å². The van der Waals surface area contributed by atoms with Gasteiger partial charge in [0.1, 0.15) is 6.10 Å². The van der Waals surface area contributed by atoms with E-state index >= 15 is 0 Å². The first-order valence-electron chi connectivity index (χ1n) is 24.1. The zero-order valence-corrected chi connectivity index (χ0v) is 37.5. The van der Waals surface area contributed by atoms with Crippen LogP contribution in [0.4, 0.5) is 0 Å². The lowest BCUT2D eigenvalue weighted by Crippen LogP contribution is -2.46. The molecular weight excluding hydrogens is 707 g/mol. The van der Waals surface area contributed by atoms with Gasteiger partial charge in [0.15, 0.2) is 0 Å². The molecule has 0 aromatic rings. The van der Waals surface area contributed by atoms with Crippen LogP contribution in [0, 0.1) is 0 Å². The molecule has 6 nitrogen and oxygen atoms in total. The van der Waals surface area contributed by atoms with Crippen molar-refractivity contribution in [1.82, 2.24) is 5.32 Å². The quantitative estimate of drug-likeness (QED) is 0.0247. The first kappa shape index (κ1) is 54.6. The van der Waals surface area contributed by atoms with E-state index in [1.165, 1.54) is 103 Å². The molecule has 57 heavy (non-hydrogen) atoms. The Hall–Kier alpha value is -2.44. The fraction of sp³-hybridized carbons (Fsp3) is 0.765. The van der Waals surface area contributed by atoms with Gasteiger partial charge < -0.3 is 20.3 Å². The van der Waals surface area contributed by atoms with E-state index in [2.05, 4.69) is 62.5 Å². The normalized spacial score (nSPS) is 13.8. The van der Waals surface area contributed by atoms with Crippen molar-refractivity contribution in [3.05, 3.63) is 60.8 Å². The van der Waals surface area contributed by atoms with Crippen LogP contribution in [-0.2, 0) is 14.3 Å². The molecule has 0 aliphatic heterocycles. The maximum absolute atomic E-state index is 13.1. The van der Waals surface area contributed by atoms with Crippen LogP contribution in [0.25, 0.3) is 0 Å². The minimum absolute atomic E-state index is 0.0468. The van der Waals surface area contributed by atoms with Crippen LogP contribution in [0.2, 0.25) is 0 Å². The van der Waals surface area contributed by atoms with E-state index in [4.69, 9.17) is 4.74 Å². The van der Waals surface area contributed by atoms with Gasteiger partial charge in [0.05, 0.1) is 25.2 Å². The molecule has 0 bridgehead atoms. The van der Waals surface area contributed by atoms with Gasteiger partial charge in [-0.1, -0.05) is 204 Å². The SMILES string of the molecule is CC/C=C/C=C/C=C/C=C\CCCCCC(CC(=O)NC(CO)C(O)CCCCCCCCCCC)OC(=O)CCCCCCC/C=C/CCCCCCCCC. The summed E-state index contributed by atoms with van der Waals surface area (Å²) in [4.78, 5) is 26.0. The molecule has 0 aromatic heterocycles. The van der Waals surface area contributed by atoms with Crippen LogP contribution in [0.5, 0.6) is 0 Å². The molecule has 0 rings (SSSR count). The second-order valence-corrected chi connectivity index (χ2v) is 16.2. The number of carbonyl (C=O) groups is 2. The van der Waals surface area contributed by atoms with Crippen molar-refractivity contribution in [2.45, 2.75) is 244 Å². The van der Waals surface area contributed by atoms with Crippen LogP contribution < -0.4 is 5.32 Å². The van der Waals surface area contributed by atoms with E-state index in [0.29, 0.717) is 19.3 Å². The zero-order chi connectivity index (χ0) is 41.7. The number of hydrogen-bond donors (Lipinski definition) is 3. The molecule has 0 saturated carbocycles. The molecule has 0 spiro atoms. The summed E-state index contributed by atoms with van der Waals surface area (Å²) in [6.45, 7) is 6.30. The third-order valence-corrected chi connectivity index (χ3v) is 10.7. The number of aliphatic hydroxyl groups excluding tert-OH is 2. The monoisotopic (exact) mass is 798 g/mol. The van der Waals surface area contributed by atoms with Crippen molar-refractivity contribution in [1.29, 1.82) is 0 Å². The summed E-state index contributed by atoms with van der Waals surface area (Å²) in [7, 11) is 0. The Morgan fingerprint density at radius 3 is 1.51 bits per heavy atom. The largest absolute Gasteiger partial charge is 0.462 e. The molecule has 0 aromatic carbocycles. The van der Waals surface area contributed by atoms with Crippen molar-refractivity contribution in [3.63, 3.8) is 0 Å². The van der Waals surface area contributed by atoms with Crippen LogP contribution >= 0.6 is 0 Å². The average molecular weight is 798 g/mol. The van der Waals surface area contributed by atoms with Crippen molar-refractivity contribution in [2.75, 3.05) is 6.61 Å². The topological polar surface area (TPSA) is 95.9 Å². The standard InChI is InChI=1S/C51H91NO5/c1-4-7-10-13-16-19-21-23-24-25-27-29-32-35-38-41-44-51(56)57-47(42-39-36-33-31-28-26-22-20-17-14-11-8-5-2)45-50(55)52-48(46-53)49(54)43-40-37-34-30-18-15-12-9-6-3/h8,11,14,17,20,22,24-26,28,47-49,53-54H,4-7,9-10,12-13,15-16,18-19,21,23,27,29-46H2,1-3H3,(H,52,55)/b11-8+,17-14+,22-20+,25-24+,28-26-. The molecular formula is C51H91NO5. The lowest BCUT2D eigenvalue weighted by atomic mass is 10.0. The third-order valence-electron chi connectivity index (χ3n) is 10.7. The third kappa shape index (κ3) is 40.1. The van der Waals surface area contributed by atoms with Gasteiger partial charge in [-0.05, 0) is 70.6 Å². The number of hydrogen-bond acceptors (Lipinski definition) is 5. The summed E-state index contributed by atoms with van der Waals surface area (Å²) in [6, 6.07) is -0.715. The number of amides is 1. The Morgan fingerprint density at radius 2 is 0.965 bits per heavy atom. The summed E-state index contributed by atoms with van der Waals surface area (Å²) >= 11 is 0. The van der Waals surface area contributed by atoms with Crippen molar-refractivity contribution >= 4 is 11.9 Å². The maximum Gasteiger partial charge on any atom is 0.306 e. The second-order valence-electron chi connectivity index (χ2n) is 16.2. The molecule has 0 radical (unpaired) electrons. The number of unbranched alkanes of at least 4 members (excludes halogenated alkanes) is 23. The lowest BCUT2D eigenvalue weighted by Gasteiger charge is -2.24. The highest BCUT2D eigenvalue weighted by molar-refractivity contribution is 5.77. The maximum atomic E-state index is 13.1. The minimum Gasteiger partial charge on any atom is -0.462 e. The number of aliphatic hydroxyl groups is 2. The second kappa shape index (κ2) is 44.7. The zero-order valence-electron chi connectivity index (χ0n) is 37.5. The Kier molecular flexibility index (Phi) is 42.7. The summed E-state index contributed by atoms with van der Waals surface area (Å²) < 4.78 is 5.89. The Morgan fingerprint density at radius 1 is 0.526 bits per heavy atom. The van der Waals surface area contributed by atoms with Gasteiger partial charge >= 0.3 is 5.97 Å². The van der Waals surface area contributed by atoms with E-state index < -0.39 is 18.2 Å². The van der Waals surface area contributed by atoms with E-state index in [9.17, 15) is 19.8 Å². The Balaban J connectivity index is 4.65. The summed E-state index contributed by atoms with van der Waals surface area (Å²) in [6.07, 6.45) is 54.3. The average Bonchev–Trinajstić information content (AvgIpc) is 3.20. The molecule has 0 aliphatic carbocycles. The van der Waals surface area contributed by atoms with E-state index in [1.54, 1.807) is 0 Å². The molecule has 6 heteroatoms. The number of ether oxygens (including phenoxy) is 1. The number of rotatable bonds is 42. The Bertz CT molecular complexity index is 1030. The fourth-order valence-corrected chi connectivity index (χ4v) is 7.02. The van der Waals surface area contributed by atoms with Gasteiger partial charge in [-0.2, -0.15) is 0 Å². The molecule has 3 unspecified atom stereocenters. The highest BCUT2D eigenvalue weighted by Gasteiger charge is 2.24. The highest BCUT2D eigenvalue weighted by atomic mass is 16.5. The molecule has 3 atom stereocenters. The smallest absolute Gasteiger partial charge is 0.306 e. The molecule has 0 heterocycles. The molecule has 1 amide bonds. The number of allylic oxidation sites excluding steroid dienone is 10. The van der Waals surface area contributed by atoms with Crippen molar-refractivity contribution < 1.29 is 24.5 Å². The Labute approximate surface area is 352 Å². The molecule has 0 saturated heterocycles. The van der Waals surface area contributed by atoms with Crippen LogP contribution in [0.3, 0.4) is 0 Å². The van der Waals surface area contributed by atoms with Crippen LogP contribution in [-0.4, -0.2) is 46.9 Å². The van der Waals surface area contributed by atoms with E-state index in [1.807, 2.05) is 24.3 Å². The molecule has 330 valence electrons. The van der Waals surface area contributed by atoms with E-state index in [-0.39, 0.29) is 24.9 Å². The van der Waals surface area contributed by atoms with Crippen LogP contribution in [0.1, 0.15) is 226 Å². The van der Waals surface area contributed by atoms with Gasteiger partial charge in [-0.25, -0.2) is 0 Å². The molecule has 3 N–H and O–H groups in total. The molecule has 0 fully saturated rings. The van der Waals surface area contributed by atoms with Crippen molar-refractivity contribution in [2.24, 2.45) is 0 Å².